The van der Waals surface area contributed by atoms with Crippen LogP contribution in [-0.4, -0.2) is 22.9 Å². The van der Waals surface area contributed by atoms with Gasteiger partial charge in [-0.3, -0.25) is 9.78 Å². The molecule has 2 aromatic rings. The summed E-state index contributed by atoms with van der Waals surface area (Å²) in [6.45, 7) is 2.18. The summed E-state index contributed by atoms with van der Waals surface area (Å²) in [6.07, 6.45) is 3.09. The Labute approximate surface area is 144 Å². The fourth-order valence-corrected chi connectivity index (χ4v) is 2.38. The average molecular weight is 348 g/mol. The zero-order valence-corrected chi connectivity index (χ0v) is 13.9. The molecule has 3 N–H and O–H groups in total. The molecule has 1 amide bonds. The van der Waals surface area contributed by atoms with Crippen LogP contribution in [0.1, 0.15) is 17.5 Å². The molecule has 0 spiro atoms. The second-order valence-corrected chi connectivity index (χ2v) is 5.80. The van der Waals surface area contributed by atoms with Gasteiger partial charge in [-0.15, -0.1) is 0 Å². The minimum Gasteiger partial charge on any atom is -0.544 e. The molecule has 0 unspecified atom stereocenters. The molecule has 0 aliphatic carbocycles. The standard InChI is InChI=1S/C17H18ClN3O3/c1-11-13(18)5-2-6-14(11)21-16(22)8-15(17(23)24)20-10-12-4-3-7-19-9-12/h2-7,9,15,20H,8,10H2,1H3,(H,21,22)(H,23,24)/t15-/m0/s1. The highest BCUT2D eigenvalue weighted by molar-refractivity contribution is 6.31. The maximum absolute atomic E-state index is 12.1. The second kappa shape index (κ2) is 8.42. The summed E-state index contributed by atoms with van der Waals surface area (Å²) in [5.74, 6) is -1.69. The van der Waals surface area contributed by atoms with Crippen LogP contribution < -0.4 is 15.7 Å². The van der Waals surface area contributed by atoms with E-state index in [0.717, 1.165) is 11.1 Å². The number of aromatic nitrogens is 1. The topological polar surface area (TPSA) is 98.7 Å². The Morgan fingerprint density at radius 2 is 2.12 bits per heavy atom. The number of carbonyl (C=O) groups is 2. The molecule has 0 bridgehead atoms. The van der Waals surface area contributed by atoms with E-state index in [0.29, 0.717) is 17.3 Å². The number of carboxylic acid groups (broad SMARTS) is 1. The van der Waals surface area contributed by atoms with Gasteiger partial charge in [0.2, 0.25) is 5.91 Å². The van der Waals surface area contributed by atoms with Crippen molar-refractivity contribution in [3.63, 3.8) is 0 Å². The molecular formula is C17H18ClN3O3. The van der Waals surface area contributed by atoms with E-state index in [9.17, 15) is 14.7 Å². The van der Waals surface area contributed by atoms with Gasteiger partial charge >= 0.3 is 0 Å². The molecule has 2 rings (SSSR count). The number of nitrogens with one attached hydrogen (secondary N) is 1. The molecule has 6 nitrogen and oxygen atoms in total. The van der Waals surface area contributed by atoms with Gasteiger partial charge in [-0.25, -0.2) is 0 Å². The number of amides is 1. The molecule has 0 fully saturated rings. The Balaban J connectivity index is 1.95. The largest absolute Gasteiger partial charge is 0.544 e. The van der Waals surface area contributed by atoms with E-state index in [4.69, 9.17) is 11.6 Å². The predicted molar refractivity (Wildman–Crippen MR) is 88.1 cm³/mol. The molecule has 1 aromatic carbocycles. The van der Waals surface area contributed by atoms with Crippen LogP contribution in [0.15, 0.2) is 42.7 Å². The maximum Gasteiger partial charge on any atom is 0.230 e. The first-order valence-corrected chi connectivity index (χ1v) is 7.83. The third kappa shape index (κ3) is 5.04. The molecule has 7 heteroatoms. The van der Waals surface area contributed by atoms with Crippen molar-refractivity contribution in [3.05, 3.63) is 58.9 Å². The monoisotopic (exact) mass is 347 g/mol. The number of benzene rings is 1. The van der Waals surface area contributed by atoms with Crippen molar-refractivity contribution in [3.8, 4) is 0 Å². The van der Waals surface area contributed by atoms with Crippen molar-refractivity contribution in [1.29, 1.82) is 0 Å². The molecular weight excluding hydrogens is 330 g/mol. The highest BCUT2D eigenvalue weighted by atomic mass is 35.5. The molecule has 0 radical (unpaired) electrons. The third-order valence-corrected chi connectivity index (χ3v) is 4.02. The molecule has 0 aliphatic heterocycles. The van der Waals surface area contributed by atoms with Gasteiger partial charge in [-0.2, -0.15) is 0 Å². The Morgan fingerprint density at radius 3 is 2.79 bits per heavy atom. The Morgan fingerprint density at radius 1 is 1.33 bits per heavy atom. The number of rotatable bonds is 7. The summed E-state index contributed by atoms with van der Waals surface area (Å²) in [7, 11) is 0. The number of quaternary nitrogens is 1. The Hall–Kier alpha value is -2.44. The lowest BCUT2D eigenvalue weighted by molar-refractivity contribution is -0.697. The summed E-state index contributed by atoms with van der Waals surface area (Å²) >= 11 is 6.00. The third-order valence-electron chi connectivity index (χ3n) is 3.61. The number of aliphatic carboxylic acids is 1. The number of nitrogens with two attached hydrogens (primary N) is 1. The first kappa shape index (κ1) is 17.9. The van der Waals surface area contributed by atoms with Gasteiger partial charge < -0.3 is 20.5 Å². The zero-order valence-electron chi connectivity index (χ0n) is 13.2. The van der Waals surface area contributed by atoms with Crippen molar-refractivity contribution in [2.24, 2.45) is 0 Å². The van der Waals surface area contributed by atoms with Gasteiger partial charge in [0.05, 0.1) is 12.4 Å². The number of anilines is 1. The Bertz CT molecular complexity index is 722. The summed E-state index contributed by atoms with van der Waals surface area (Å²) in [5.41, 5.74) is 2.17. The van der Waals surface area contributed by atoms with E-state index in [1.807, 2.05) is 6.07 Å². The van der Waals surface area contributed by atoms with E-state index < -0.39 is 17.9 Å². The SMILES string of the molecule is Cc1c(Cl)cccc1NC(=O)C[C@H]([NH2+]Cc1cccnc1)C(=O)[O-]. The van der Waals surface area contributed by atoms with Gasteiger partial charge in [-0.1, -0.05) is 23.7 Å². The minimum absolute atomic E-state index is 0.200. The maximum atomic E-state index is 12.1. The summed E-state index contributed by atoms with van der Waals surface area (Å²) < 4.78 is 0. The van der Waals surface area contributed by atoms with E-state index in [2.05, 4.69) is 10.3 Å². The smallest absolute Gasteiger partial charge is 0.230 e. The van der Waals surface area contributed by atoms with E-state index in [1.54, 1.807) is 48.9 Å². The second-order valence-electron chi connectivity index (χ2n) is 5.39. The van der Waals surface area contributed by atoms with Crippen LogP contribution in [0.2, 0.25) is 5.02 Å². The van der Waals surface area contributed by atoms with Crippen LogP contribution in [0.3, 0.4) is 0 Å². The van der Waals surface area contributed by atoms with Crippen LogP contribution in [0.5, 0.6) is 0 Å². The number of hydrogen-bond donors (Lipinski definition) is 2. The summed E-state index contributed by atoms with van der Waals surface area (Å²) in [6, 6.07) is 7.78. The molecule has 1 aromatic heterocycles. The van der Waals surface area contributed by atoms with Crippen molar-refractivity contribution in [1.82, 2.24) is 4.98 Å². The summed E-state index contributed by atoms with van der Waals surface area (Å²) in [4.78, 5) is 27.4. The lowest BCUT2D eigenvalue weighted by Crippen LogP contribution is -2.92. The first-order chi connectivity index (χ1) is 11.5. The Kier molecular flexibility index (Phi) is 6.28. The molecule has 0 saturated heterocycles. The molecule has 1 heterocycles. The van der Waals surface area contributed by atoms with Gasteiger partial charge in [0.25, 0.3) is 0 Å². The van der Waals surface area contributed by atoms with E-state index in [1.165, 1.54) is 0 Å². The van der Waals surface area contributed by atoms with Gasteiger partial charge in [-0.05, 0) is 30.7 Å². The summed E-state index contributed by atoms with van der Waals surface area (Å²) in [5, 5.41) is 16.0. The molecule has 126 valence electrons. The lowest BCUT2D eigenvalue weighted by Gasteiger charge is -2.17. The highest BCUT2D eigenvalue weighted by Gasteiger charge is 2.19. The fourth-order valence-electron chi connectivity index (χ4n) is 2.20. The molecule has 1 atom stereocenters. The number of pyridine rings is 1. The minimum atomic E-state index is -1.28. The van der Waals surface area contributed by atoms with Crippen LogP contribution in [0.4, 0.5) is 5.69 Å². The molecule has 0 saturated carbocycles. The quantitative estimate of drug-likeness (QED) is 0.750. The van der Waals surface area contributed by atoms with Crippen LogP contribution >= 0.6 is 11.6 Å². The van der Waals surface area contributed by atoms with Crippen LogP contribution in [-0.2, 0) is 16.1 Å². The normalized spacial score (nSPS) is 11.8. The zero-order chi connectivity index (χ0) is 17.5. The number of nitrogens with zero attached hydrogens (tertiary/aromatic N) is 1. The molecule has 0 aliphatic rings. The highest BCUT2D eigenvalue weighted by Crippen LogP contribution is 2.22. The molecule has 24 heavy (non-hydrogen) atoms. The number of carbonyl (C=O) groups excluding carboxylic acids is 2. The van der Waals surface area contributed by atoms with Gasteiger partial charge in [0, 0.05) is 28.7 Å². The van der Waals surface area contributed by atoms with Crippen molar-refractivity contribution < 1.29 is 20.0 Å². The lowest BCUT2D eigenvalue weighted by atomic mass is 10.1. The number of carboxylic acids is 1. The van der Waals surface area contributed by atoms with E-state index in [-0.39, 0.29) is 6.42 Å². The fraction of sp³-hybridized carbons (Fsp3) is 0.235. The number of hydrogen-bond acceptors (Lipinski definition) is 4. The average Bonchev–Trinajstić information content (AvgIpc) is 2.56. The number of halogens is 1. The van der Waals surface area contributed by atoms with Crippen LogP contribution in [0.25, 0.3) is 0 Å². The van der Waals surface area contributed by atoms with Gasteiger partial charge in [0.15, 0.2) is 0 Å². The van der Waals surface area contributed by atoms with E-state index >= 15 is 0 Å². The van der Waals surface area contributed by atoms with Crippen molar-refractivity contribution >= 4 is 29.2 Å². The van der Waals surface area contributed by atoms with Gasteiger partial charge in [0.1, 0.15) is 12.6 Å². The predicted octanol–water partition coefficient (Wildman–Crippen LogP) is 0.254. The van der Waals surface area contributed by atoms with Crippen molar-refractivity contribution in [2.45, 2.75) is 25.9 Å². The van der Waals surface area contributed by atoms with Crippen molar-refractivity contribution in [2.75, 3.05) is 5.32 Å². The van der Waals surface area contributed by atoms with Crippen LogP contribution in [0, 0.1) is 6.92 Å². The first-order valence-electron chi connectivity index (χ1n) is 7.45.